The van der Waals surface area contributed by atoms with E-state index in [-0.39, 0.29) is 22.8 Å². The van der Waals surface area contributed by atoms with Crippen LogP contribution in [0, 0.1) is 12.7 Å². The van der Waals surface area contributed by atoms with Crippen LogP contribution in [-0.4, -0.2) is 4.57 Å². The molecule has 0 aliphatic carbocycles. The minimum absolute atomic E-state index is 0. The molecule has 0 atom stereocenters. The van der Waals surface area contributed by atoms with Crippen molar-refractivity contribution < 1.29 is 25.9 Å². The van der Waals surface area contributed by atoms with Crippen LogP contribution in [0.4, 0.5) is 4.39 Å². The molecule has 1 aromatic heterocycles. The first-order chi connectivity index (χ1) is 8.13. The Kier molecular flexibility index (Phi) is 5.35. The summed E-state index contributed by atoms with van der Waals surface area (Å²) in [6.07, 6.45) is 3.94. The lowest BCUT2D eigenvalue weighted by Gasteiger charge is -2.04. The van der Waals surface area contributed by atoms with E-state index in [0.29, 0.717) is 17.1 Å². The Balaban J connectivity index is 0.00000162. The number of hydrogen-bond acceptors (Lipinski definition) is 0. The minimum Gasteiger partial charge on any atom is -1.00 e. The Labute approximate surface area is 122 Å². The fraction of sp³-hybridized carbons (Fsp3) is 0.308. The van der Waals surface area contributed by atoms with Crippen molar-refractivity contribution in [2.75, 3.05) is 0 Å². The summed E-state index contributed by atoms with van der Waals surface area (Å²) in [7, 11) is 0. The van der Waals surface area contributed by atoms with E-state index in [1.165, 1.54) is 6.07 Å². The van der Waals surface area contributed by atoms with E-state index in [1.54, 1.807) is 12.1 Å². The topological polar surface area (TPSA) is 8.81 Å². The van der Waals surface area contributed by atoms with Crippen LogP contribution in [0.25, 0.3) is 0 Å². The van der Waals surface area contributed by atoms with Crippen LogP contribution in [0.5, 0.6) is 0 Å². The highest BCUT2D eigenvalue weighted by Crippen LogP contribution is 2.18. The van der Waals surface area contributed by atoms with Gasteiger partial charge in [0.15, 0.2) is 0 Å². The summed E-state index contributed by atoms with van der Waals surface area (Å²) >= 11 is 6.01. The van der Waals surface area contributed by atoms with Crippen LogP contribution in [-0.2, 0) is 13.1 Å². The first-order valence-corrected chi connectivity index (χ1v) is 5.99. The molecule has 98 valence electrons. The number of aromatic nitrogens is 2. The summed E-state index contributed by atoms with van der Waals surface area (Å²) < 4.78 is 17.8. The zero-order chi connectivity index (χ0) is 12.4. The number of rotatable bonds is 3. The molecule has 0 aliphatic rings. The predicted molar refractivity (Wildman–Crippen MR) is 65.6 cm³/mol. The van der Waals surface area contributed by atoms with Gasteiger partial charge in [0.2, 0.25) is 0 Å². The molecule has 2 aromatic rings. The second-order valence-corrected chi connectivity index (χ2v) is 4.37. The van der Waals surface area contributed by atoms with Gasteiger partial charge in [0.25, 0.3) is 5.82 Å². The van der Waals surface area contributed by atoms with E-state index in [0.717, 1.165) is 12.4 Å². The second-order valence-electron chi connectivity index (χ2n) is 3.96. The van der Waals surface area contributed by atoms with Crippen molar-refractivity contribution >= 4 is 11.6 Å². The first-order valence-electron chi connectivity index (χ1n) is 5.61. The lowest BCUT2D eigenvalue weighted by molar-refractivity contribution is -0.694. The van der Waals surface area contributed by atoms with Crippen LogP contribution < -0.4 is 21.5 Å². The van der Waals surface area contributed by atoms with Crippen molar-refractivity contribution in [2.45, 2.75) is 26.9 Å². The van der Waals surface area contributed by atoms with Gasteiger partial charge < -0.3 is 17.0 Å². The highest BCUT2D eigenvalue weighted by Gasteiger charge is 2.15. The normalized spacial score (nSPS) is 10.2. The van der Waals surface area contributed by atoms with Crippen molar-refractivity contribution in [3.63, 3.8) is 0 Å². The fourth-order valence-electron chi connectivity index (χ4n) is 1.90. The van der Waals surface area contributed by atoms with Crippen molar-refractivity contribution in [2.24, 2.45) is 0 Å². The van der Waals surface area contributed by atoms with E-state index in [2.05, 4.69) is 11.5 Å². The summed E-state index contributed by atoms with van der Waals surface area (Å²) in [6, 6.07) is 4.77. The van der Waals surface area contributed by atoms with Gasteiger partial charge >= 0.3 is 0 Å². The number of halogens is 3. The third-order valence-electron chi connectivity index (χ3n) is 2.99. The molecule has 0 spiro atoms. The number of hydrogen-bond donors (Lipinski definition) is 0. The Morgan fingerprint density at radius 3 is 2.67 bits per heavy atom. The van der Waals surface area contributed by atoms with Gasteiger partial charge in [-0.15, -0.1) is 0 Å². The number of aryl methyl sites for hydroxylation is 1. The van der Waals surface area contributed by atoms with Crippen molar-refractivity contribution in [1.82, 2.24) is 4.57 Å². The molecule has 0 unspecified atom stereocenters. The van der Waals surface area contributed by atoms with Gasteiger partial charge in [0.1, 0.15) is 24.8 Å². The molecule has 0 N–H and O–H groups in total. The maximum Gasteiger partial charge on any atom is 0.253 e. The van der Waals surface area contributed by atoms with Crippen molar-refractivity contribution in [1.29, 1.82) is 0 Å². The summed E-state index contributed by atoms with van der Waals surface area (Å²) in [5, 5.41) is 0.473. The van der Waals surface area contributed by atoms with Crippen LogP contribution >= 0.6 is 11.6 Å². The Morgan fingerprint density at radius 2 is 2.11 bits per heavy atom. The average Bonchev–Trinajstić information content (AvgIpc) is 2.65. The Morgan fingerprint density at radius 1 is 1.39 bits per heavy atom. The maximum absolute atomic E-state index is 13.7. The highest BCUT2D eigenvalue weighted by atomic mass is 79.9. The van der Waals surface area contributed by atoms with Crippen molar-refractivity contribution in [3.8, 4) is 0 Å². The van der Waals surface area contributed by atoms with Crippen LogP contribution in [0.3, 0.4) is 0 Å². The van der Waals surface area contributed by atoms with Crippen molar-refractivity contribution in [3.05, 3.63) is 52.8 Å². The average molecular weight is 334 g/mol. The standard InChI is InChI=1S/C13H15ClFN2.BrH/c1-3-16-7-8-17(10(16)2)9-11-12(14)5-4-6-13(11)15;/h4-8H,3,9H2,1-2H3;1H/q+1;/p-1. The Bertz CT molecular complexity index is 520. The zero-order valence-electron chi connectivity index (χ0n) is 10.3. The zero-order valence-corrected chi connectivity index (χ0v) is 12.7. The van der Waals surface area contributed by atoms with Crippen LogP contribution in [0.2, 0.25) is 5.02 Å². The van der Waals surface area contributed by atoms with Crippen LogP contribution in [0.15, 0.2) is 30.6 Å². The van der Waals surface area contributed by atoms with Gasteiger partial charge in [-0.25, -0.2) is 13.5 Å². The maximum atomic E-state index is 13.7. The molecular weight excluding hydrogens is 319 g/mol. The quantitative estimate of drug-likeness (QED) is 0.697. The molecule has 0 bridgehead atoms. The molecule has 0 radical (unpaired) electrons. The monoisotopic (exact) mass is 332 g/mol. The molecule has 0 saturated heterocycles. The molecule has 1 aromatic carbocycles. The largest absolute Gasteiger partial charge is 1.00 e. The molecule has 0 fully saturated rings. The molecule has 2 rings (SSSR count). The van der Waals surface area contributed by atoms with E-state index in [9.17, 15) is 4.39 Å². The molecule has 5 heteroatoms. The van der Waals surface area contributed by atoms with Gasteiger partial charge in [0.05, 0.1) is 11.6 Å². The predicted octanol–water partition coefficient (Wildman–Crippen LogP) is -0.0513. The number of benzene rings is 1. The second kappa shape index (κ2) is 6.34. The molecule has 0 amide bonds. The third kappa shape index (κ3) is 2.93. The smallest absolute Gasteiger partial charge is 0.253 e. The lowest BCUT2D eigenvalue weighted by Crippen LogP contribution is -3.00. The summed E-state index contributed by atoms with van der Waals surface area (Å²) in [5.74, 6) is 0.834. The van der Waals surface area contributed by atoms with Gasteiger partial charge in [0, 0.05) is 12.5 Å². The van der Waals surface area contributed by atoms with E-state index in [1.807, 2.05) is 23.9 Å². The van der Waals surface area contributed by atoms with Gasteiger partial charge in [-0.3, -0.25) is 0 Å². The lowest BCUT2D eigenvalue weighted by atomic mass is 10.2. The van der Waals surface area contributed by atoms with Gasteiger partial charge in [-0.05, 0) is 19.1 Å². The van der Waals surface area contributed by atoms with E-state index < -0.39 is 0 Å². The molecule has 1 heterocycles. The number of nitrogens with zero attached hydrogens (tertiary/aromatic N) is 2. The van der Waals surface area contributed by atoms with Gasteiger partial charge in [-0.2, -0.15) is 0 Å². The highest BCUT2D eigenvalue weighted by molar-refractivity contribution is 6.31. The number of imidazole rings is 1. The fourth-order valence-corrected chi connectivity index (χ4v) is 2.12. The molecule has 18 heavy (non-hydrogen) atoms. The SMILES string of the molecule is CCn1cc[n+](Cc2c(F)cccc2Cl)c1C.[Br-]. The van der Waals surface area contributed by atoms with E-state index >= 15 is 0 Å². The van der Waals surface area contributed by atoms with E-state index in [4.69, 9.17) is 11.6 Å². The minimum atomic E-state index is -0.256. The molecular formula is C13H15BrClFN2. The van der Waals surface area contributed by atoms with Gasteiger partial charge in [-0.1, -0.05) is 17.7 Å². The summed E-state index contributed by atoms with van der Waals surface area (Å²) in [5.41, 5.74) is 0.538. The molecule has 2 nitrogen and oxygen atoms in total. The molecule has 0 saturated carbocycles. The Hall–Kier alpha value is -0.870. The molecule has 0 aliphatic heterocycles. The summed E-state index contributed by atoms with van der Waals surface area (Å²) in [6.45, 7) is 5.46. The summed E-state index contributed by atoms with van der Waals surface area (Å²) in [4.78, 5) is 0. The third-order valence-corrected chi connectivity index (χ3v) is 3.34. The van der Waals surface area contributed by atoms with Crippen LogP contribution in [0.1, 0.15) is 18.3 Å². The first kappa shape index (κ1) is 15.2.